The third-order valence-corrected chi connectivity index (χ3v) is 6.57. The largest absolute Gasteiger partial charge is 0.450 e. The number of amides is 1. The van der Waals surface area contributed by atoms with Crippen LogP contribution in [0.2, 0.25) is 0 Å². The van der Waals surface area contributed by atoms with Gasteiger partial charge in [0.05, 0.1) is 11.3 Å². The van der Waals surface area contributed by atoms with Crippen molar-refractivity contribution in [1.82, 2.24) is 4.90 Å². The van der Waals surface area contributed by atoms with Crippen LogP contribution in [0.3, 0.4) is 0 Å². The number of aryl methyl sites for hydroxylation is 1. The number of hydrogen-bond donors (Lipinski definition) is 1. The number of hydrogen-bond acceptors (Lipinski definition) is 5. The van der Waals surface area contributed by atoms with Gasteiger partial charge < -0.3 is 4.42 Å². The monoisotopic (exact) mass is 443 g/mol. The number of aliphatic imine (C=N–C) groups is 1. The molecule has 0 unspecified atom stereocenters. The van der Waals surface area contributed by atoms with Gasteiger partial charge in [-0.25, -0.2) is 0 Å². The van der Waals surface area contributed by atoms with Crippen molar-refractivity contribution in [2.75, 3.05) is 0 Å². The number of nitrogens with one attached hydrogen (secondary N) is 1. The molecule has 2 aliphatic heterocycles. The van der Waals surface area contributed by atoms with E-state index in [1.807, 2.05) is 60.9 Å². The normalized spacial score (nSPS) is 17.1. The Morgan fingerprint density at radius 2 is 1.84 bits per heavy atom. The highest BCUT2D eigenvalue weighted by Crippen LogP contribution is 2.37. The molecule has 0 saturated carbocycles. The maximum atomic E-state index is 12.6. The zero-order chi connectivity index (χ0) is 21.4. The van der Waals surface area contributed by atoms with Crippen molar-refractivity contribution < 1.29 is 9.21 Å². The van der Waals surface area contributed by atoms with Crippen LogP contribution >= 0.6 is 23.5 Å². The second-order valence-corrected chi connectivity index (χ2v) is 8.91. The molecule has 5 rings (SSSR count). The van der Waals surface area contributed by atoms with Crippen LogP contribution in [0.4, 0.5) is 0 Å². The lowest BCUT2D eigenvalue weighted by Gasteiger charge is -2.26. The number of rotatable bonds is 4. The molecule has 152 valence electrons. The SMILES string of the molecule is Cc1ccc(Sc2ccc(/C=C3/C(=N)N4C(c5ccccc5)=CSC4=NC3=O)o2)cc1. The van der Waals surface area contributed by atoms with E-state index in [2.05, 4.69) is 17.1 Å². The van der Waals surface area contributed by atoms with Gasteiger partial charge >= 0.3 is 0 Å². The molecule has 5 nitrogen and oxygen atoms in total. The maximum Gasteiger partial charge on any atom is 0.283 e. The summed E-state index contributed by atoms with van der Waals surface area (Å²) in [7, 11) is 0. The van der Waals surface area contributed by atoms with Crippen molar-refractivity contribution in [3.8, 4) is 0 Å². The summed E-state index contributed by atoms with van der Waals surface area (Å²) in [5, 5.41) is 11.8. The van der Waals surface area contributed by atoms with Crippen molar-refractivity contribution in [1.29, 1.82) is 5.41 Å². The maximum absolute atomic E-state index is 12.6. The molecule has 2 aromatic carbocycles. The first-order chi connectivity index (χ1) is 15.1. The summed E-state index contributed by atoms with van der Waals surface area (Å²) in [4.78, 5) is 19.6. The van der Waals surface area contributed by atoms with Gasteiger partial charge in [0.25, 0.3) is 5.91 Å². The predicted molar refractivity (Wildman–Crippen MR) is 126 cm³/mol. The fourth-order valence-electron chi connectivity index (χ4n) is 3.25. The fraction of sp³-hybridized carbons (Fsp3) is 0.0417. The highest BCUT2D eigenvalue weighted by Gasteiger charge is 2.36. The topological polar surface area (TPSA) is 69.7 Å². The Kier molecular flexibility index (Phi) is 5.13. The van der Waals surface area contributed by atoms with E-state index in [-0.39, 0.29) is 11.4 Å². The van der Waals surface area contributed by atoms with E-state index in [0.717, 1.165) is 21.2 Å². The van der Waals surface area contributed by atoms with Crippen molar-refractivity contribution in [3.05, 3.63) is 94.6 Å². The highest BCUT2D eigenvalue weighted by molar-refractivity contribution is 8.17. The molecule has 1 aromatic heterocycles. The molecule has 0 radical (unpaired) electrons. The van der Waals surface area contributed by atoms with Gasteiger partial charge in [0.15, 0.2) is 10.3 Å². The molecule has 2 aliphatic rings. The quantitative estimate of drug-likeness (QED) is 0.498. The van der Waals surface area contributed by atoms with Crippen molar-refractivity contribution >= 4 is 52.2 Å². The number of nitrogens with zero attached hydrogens (tertiary/aromatic N) is 2. The molecule has 3 aromatic rings. The van der Waals surface area contributed by atoms with E-state index in [4.69, 9.17) is 9.83 Å². The third kappa shape index (κ3) is 3.89. The van der Waals surface area contributed by atoms with Crippen LogP contribution in [-0.2, 0) is 4.79 Å². The minimum atomic E-state index is -0.435. The molecular weight excluding hydrogens is 426 g/mol. The Labute approximate surface area is 188 Å². The molecule has 1 amide bonds. The van der Waals surface area contributed by atoms with Gasteiger partial charge in [-0.3, -0.25) is 15.1 Å². The van der Waals surface area contributed by atoms with Gasteiger partial charge in [0, 0.05) is 10.3 Å². The molecule has 0 saturated heterocycles. The lowest BCUT2D eigenvalue weighted by atomic mass is 10.1. The number of furan rings is 1. The van der Waals surface area contributed by atoms with Gasteiger partial charge in [-0.1, -0.05) is 71.6 Å². The Hall–Kier alpha value is -3.29. The second-order valence-electron chi connectivity index (χ2n) is 7.00. The second kappa shape index (κ2) is 8.09. The summed E-state index contributed by atoms with van der Waals surface area (Å²) in [6, 6.07) is 21.6. The summed E-state index contributed by atoms with van der Waals surface area (Å²) in [5.74, 6) is 0.174. The van der Waals surface area contributed by atoms with Crippen LogP contribution < -0.4 is 0 Å². The summed E-state index contributed by atoms with van der Waals surface area (Å²) >= 11 is 2.86. The number of carbonyl (C=O) groups excluding carboxylic acids is 1. The number of benzene rings is 2. The molecule has 0 atom stereocenters. The van der Waals surface area contributed by atoms with Crippen LogP contribution in [0, 0.1) is 12.3 Å². The van der Waals surface area contributed by atoms with Crippen molar-refractivity contribution in [3.63, 3.8) is 0 Å². The Morgan fingerprint density at radius 1 is 1.06 bits per heavy atom. The smallest absolute Gasteiger partial charge is 0.283 e. The molecule has 3 heterocycles. The van der Waals surface area contributed by atoms with Gasteiger partial charge in [-0.05, 0) is 42.8 Å². The Bertz CT molecular complexity index is 1270. The first kappa shape index (κ1) is 19.7. The minimum Gasteiger partial charge on any atom is -0.450 e. The average Bonchev–Trinajstić information content (AvgIpc) is 3.40. The number of fused-ring (bicyclic) bond motifs is 1. The molecule has 0 fully saturated rings. The summed E-state index contributed by atoms with van der Waals surface area (Å²) in [6.07, 6.45) is 1.59. The van der Waals surface area contributed by atoms with E-state index in [1.165, 1.54) is 29.1 Å². The van der Waals surface area contributed by atoms with Gasteiger partial charge in [0.1, 0.15) is 11.6 Å². The van der Waals surface area contributed by atoms with Gasteiger partial charge in [-0.2, -0.15) is 4.99 Å². The van der Waals surface area contributed by atoms with Crippen LogP contribution in [-0.4, -0.2) is 21.8 Å². The Balaban J connectivity index is 1.41. The van der Waals surface area contributed by atoms with Crippen molar-refractivity contribution in [2.24, 2.45) is 4.99 Å². The fourth-order valence-corrected chi connectivity index (χ4v) is 4.91. The minimum absolute atomic E-state index is 0.0965. The molecule has 1 N–H and O–H groups in total. The Morgan fingerprint density at radius 3 is 2.61 bits per heavy atom. The van der Waals surface area contributed by atoms with Gasteiger partial charge in [0.2, 0.25) is 0 Å². The van der Waals surface area contributed by atoms with Gasteiger partial charge in [-0.15, -0.1) is 0 Å². The van der Waals surface area contributed by atoms with Crippen LogP contribution in [0.25, 0.3) is 11.8 Å². The number of thioether (sulfide) groups is 1. The molecule has 7 heteroatoms. The summed E-state index contributed by atoms with van der Waals surface area (Å²) < 4.78 is 5.89. The first-order valence-corrected chi connectivity index (χ1v) is 11.3. The van der Waals surface area contributed by atoms with Crippen LogP contribution in [0.15, 0.2) is 97.1 Å². The average molecular weight is 444 g/mol. The third-order valence-electron chi connectivity index (χ3n) is 4.81. The molecular formula is C24H17N3O2S2. The summed E-state index contributed by atoms with van der Waals surface area (Å²) in [5.41, 5.74) is 3.21. The lowest BCUT2D eigenvalue weighted by molar-refractivity contribution is -0.114. The molecule has 31 heavy (non-hydrogen) atoms. The highest BCUT2D eigenvalue weighted by atomic mass is 32.2. The van der Waals surface area contributed by atoms with Crippen molar-refractivity contribution in [2.45, 2.75) is 16.9 Å². The van der Waals surface area contributed by atoms with E-state index < -0.39 is 5.91 Å². The van der Waals surface area contributed by atoms with E-state index in [1.54, 1.807) is 17.0 Å². The molecule has 0 bridgehead atoms. The number of carbonyl (C=O) groups is 1. The molecule has 0 spiro atoms. The van der Waals surface area contributed by atoms with E-state index in [0.29, 0.717) is 10.9 Å². The predicted octanol–water partition coefficient (Wildman–Crippen LogP) is 6.04. The first-order valence-electron chi connectivity index (χ1n) is 9.59. The van der Waals surface area contributed by atoms with Crippen LogP contribution in [0.5, 0.6) is 0 Å². The standard InChI is InChI=1S/C24H17N3O2S2/c1-15-7-10-18(11-8-15)31-21-12-9-17(29-21)13-19-22(25)27-20(16-5-3-2-4-6-16)14-30-24(27)26-23(19)28/h2-14,25H,1H3/b19-13-,25-22?. The zero-order valence-corrected chi connectivity index (χ0v) is 18.2. The number of amidine groups is 2. The zero-order valence-electron chi connectivity index (χ0n) is 16.5. The lowest BCUT2D eigenvalue weighted by Crippen LogP contribution is -2.37. The van der Waals surface area contributed by atoms with Crippen LogP contribution in [0.1, 0.15) is 16.9 Å². The molecule has 0 aliphatic carbocycles. The van der Waals surface area contributed by atoms with E-state index in [9.17, 15) is 4.79 Å². The summed E-state index contributed by atoms with van der Waals surface area (Å²) in [6.45, 7) is 2.05. The van der Waals surface area contributed by atoms with E-state index >= 15 is 0 Å².